The summed E-state index contributed by atoms with van der Waals surface area (Å²) in [6, 6.07) is 5.41. The molecule has 0 saturated heterocycles. The highest BCUT2D eigenvalue weighted by Crippen LogP contribution is 2.25. The number of aromatic carboxylic acids is 1. The van der Waals surface area contributed by atoms with E-state index in [0.717, 1.165) is 28.2 Å². The zero-order valence-corrected chi connectivity index (χ0v) is 13.3. The van der Waals surface area contributed by atoms with Gasteiger partial charge in [0.15, 0.2) is 0 Å². The van der Waals surface area contributed by atoms with Crippen LogP contribution < -0.4 is 5.32 Å². The third-order valence-corrected chi connectivity index (χ3v) is 3.83. The quantitative estimate of drug-likeness (QED) is 0.752. The Hall–Kier alpha value is -2.27. The molecule has 0 unspecified atom stereocenters. The summed E-state index contributed by atoms with van der Waals surface area (Å²) in [5.74, 6) is -0.813. The molecule has 116 valence electrons. The summed E-state index contributed by atoms with van der Waals surface area (Å²) in [6.07, 6.45) is 0.454. The van der Waals surface area contributed by atoms with Crippen LogP contribution in [0.2, 0.25) is 5.02 Å². The summed E-state index contributed by atoms with van der Waals surface area (Å²) in [7, 11) is 0. The maximum Gasteiger partial charge on any atom is 0.337 e. The van der Waals surface area contributed by atoms with Crippen LogP contribution in [0, 0.1) is 20.8 Å². The minimum Gasteiger partial charge on any atom is -0.478 e. The molecule has 1 aliphatic rings. The molecule has 3 rings (SSSR count). The standard InChI is InChI=1S/C8H6ClNO.C8H11NO2/c9-6-1-2-7-5(3-6)4-8(11)10-7;1-4-5(2)9-6(3)7(4)8(10)11/h1-3H,4H2,(H,10,11);9H,1-3H3,(H,10,11). The van der Waals surface area contributed by atoms with Crippen LogP contribution in [0.25, 0.3) is 0 Å². The van der Waals surface area contributed by atoms with E-state index in [2.05, 4.69) is 10.3 Å². The molecule has 0 bridgehead atoms. The number of carbonyl (C=O) groups excluding carboxylic acids is 1. The molecule has 0 aliphatic carbocycles. The second-order valence-electron chi connectivity index (χ2n) is 5.21. The molecule has 5 nitrogen and oxygen atoms in total. The van der Waals surface area contributed by atoms with Crippen molar-refractivity contribution < 1.29 is 14.7 Å². The zero-order valence-electron chi connectivity index (χ0n) is 12.6. The maximum absolute atomic E-state index is 10.9. The van der Waals surface area contributed by atoms with E-state index in [4.69, 9.17) is 16.7 Å². The van der Waals surface area contributed by atoms with Crippen LogP contribution in [-0.2, 0) is 11.2 Å². The van der Waals surface area contributed by atoms with E-state index in [1.807, 2.05) is 26.0 Å². The Bertz CT molecular complexity index is 750. The Morgan fingerprint density at radius 2 is 1.91 bits per heavy atom. The number of hydrogen-bond donors (Lipinski definition) is 3. The van der Waals surface area contributed by atoms with Crippen LogP contribution >= 0.6 is 11.6 Å². The van der Waals surface area contributed by atoms with Crippen molar-refractivity contribution in [3.05, 3.63) is 51.3 Å². The van der Waals surface area contributed by atoms with Gasteiger partial charge < -0.3 is 15.4 Å². The SMILES string of the molecule is Cc1[nH]c(C)c(C(=O)O)c1C.O=C1Cc2cc(Cl)ccc2N1. The van der Waals surface area contributed by atoms with Crippen molar-refractivity contribution in [3.63, 3.8) is 0 Å². The molecule has 0 spiro atoms. The minimum absolute atomic E-state index is 0.0438. The third-order valence-electron chi connectivity index (χ3n) is 3.59. The van der Waals surface area contributed by atoms with Gasteiger partial charge in [-0.25, -0.2) is 4.79 Å². The number of halogens is 1. The van der Waals surface area contributed by atoms with Gasteiger partial charge in [-0.3, -0.25) is 4.79 Å². The molecule has 0 atom stereocenters. The first-order valence-electron chi connectivity index (χ1n) is 6.77. The van der Waals surface area contributed by atoms with E-state index in [1.165, 1.54) is 0 Å². The minimum atomic E-state index is -0.857. The fourth-order valence-corrected chi connectivity index (χ4v) is 2.62. The molecular weight excluding hydrogens is 304 g/mol. The molecule has 0 fully saturated rings. The number of aryl methyl sites for hydroxylation is 2. The second-order valence-corrected chi connectivity index (χ2v) is 5.64. The lowest BCUT2D eigenvalue weighted by molar-refractivity contribution is -0.115. The van der Waals surface area contributed by atoms with Crippen molar-refractivity contribution >= 4 is 29.2 Å². The first-order chi connectivity index (χ1) is 10.3. The summed E-state index contributed by atoms with van der Waals surface area (Å²) in [4.78, 5) is 24.5. The van der Waals surface area contributed by atoms with Gasteiger partial charge in [-0.2, -0.15) is 0 Å². The van der Waals surface area contributed by atoms with Crippen LogP contribution in [0.1, 0.15) is 32.9 Å². The Balaban J connectivity index is 0.000000160. The molecule has 6 heteroatoms. The van der Waals surface area contributed by atoms with Crippen molar-refractivity contribution in [2.75, 3.05) is 5.32 Å². The Labute approximate surface area is 133 Å². The van der Waals surface area contributed by atoms with E-state index < -0.39 is 5.97 Å². The number of carbonyl (C=O) groups is 2. The highest BCUT2D eigenvalue weighted by molar-refractivity contribution is 6.30. The lowest BCUT2D eigenvalue weighted by Crippen LogP contribution is -2.03. The molecule has 0 saturated carbocycles. The molecule has 0 radical (unpaired) electrons. The smallest absolute Gasteiger partial charge is 0.337 e. The number of H-pyrrole nitrogens is 1. The number of nitrogens with one attached hydrogen (secondary N) is 2. The predicted molar refractivity (Wildman–Crippen MR) is 85.7 cm³/mol. The molecule has 1 aromatic heterocycles. The number of fused-ring (bicyclic) bond motifs is 1. The zero-order chi connectivity index (χ0) is 16.4. The van der Waals surface area contributed by atoms with Crippen LogP contribution in [-0.4, -0.2) is 22.0 Å². The van der Waals surface area contributed by atoms with E-state index in [1.54, 1.807) is 13.0 Å². The number of benzene rings is 1. The highest BCUT2D eigenvalue weighted by atomic mass is 35.5. The second kappa shape index (κ2) is 6.23. The van der Waals surface area contributed by atoms with Crippen LogP contribution in [0.15, 0.2) is 18.2 Å². The summed E-state index contributed by atoms with van der Waals surface area (Å²) < 4.78 is 0. The lowest BCUT2D eigenvalue weighted by Gasteiger charge is -1.96. The van der Waals surface area contributed by atoms with Gasteiger partial charge >= 0.3 is 5.97 Å². The number of carboxylic acids is 1. The van der Waals surface area contributed by atoms with E-state index in [-0.39, 0.29) is 5.91 Å². The molecule has 22 heavy (non-hydrogen) atoms. The monoisotopic (exact) mass is 320 g/mol. The first kappa shape index (κ1) is 16.1. The van der Waals surface area contributed by atoms with Gasteiger partial charge in [0, 0.05) is 22.1 Å². The normalized spacial score (nSPS) is 12.3. The van der Waals surface area contributed by atoms with E-state index in [9.17, 15) is 9.59 Å². The largest absolute Gasteiger partial charge is 0.478 e. The van der Waals surface area contributed by atoms with Gasteiger partial charge in [0.25, 0.3) is 0 Å². The summed E-state index contributed by atoms with van der Waals surface area (Å²) in [6.45, 7) is 5.44. The number of anilines is 1. The topological polar surface area (TPSA) is 82.2 Å². The van der Waals surface area contributed by atoms with Gasteiger partial charge in [0.05, 0.1) is 12.0 Å². The van der Waals surface area contributed by atoms with Gasteiger partial charge in [-0.1, -0.05) is 11.6 Å². The lowest BCUT2D eigenvalue weighted by atomic mass is 10.1. The van der Waals surface area contributed by atoms with E-state index >= 15 is 0 Å². The van der Waals surface area contributed by atoms with Crippen LogP contribution in [0.3, 0.4) is 0 Å². The van der Waals surface area contributed by atoms with Crippen molar-refractivity contribution in [1.29, 1.82) is 0 Å². The molecule has 2 aromatic rings. The van der Waals surface area contributed by atoms with Gasteiger partial charge in [0.2, 0.25) is 5.91 Å². The highest BCUT2D eigenvalue weighted by Gasteiger charge is 2.16. The fourth-order valence-electron chi connectivity index (χ4n) is 2.42. The van der Waals surface area contributed by atoms with E-state index in [0.29, 0.717) is 17.0 Å². The molecule has 1 aliphatic heterocycles. The number of rotatable bonds is 1. The molecule has 3 N–H and O–H groups in total. The number of hydrogen-bond acceptors (Lipinski definition) is 2. The number of aromatic nitrogens is 1. The Kier molecular flexibility index (Phi) is 4.56. The van der Waals surface area contributed by atoms with Gasteiger partial charge in [0.1, 0.15) is 0 Å². The van der Waals surface area contributed by atoms with Crippen molar-refractivity contribution in [2.45, 2.75) is 27.2 Å². The number of amides is 1. The average molecular weight is 321 g/mol. The first-order valence-corrected chi connectivity index (χ1v) is 7.14. The van der Waals surface area contributed by atoms with Crippen molar-refractivity contribution in [1.82, 2.24) is 4.98 Å². The molecule has 1 amide bonds. The Morgan fingerprint density at radius 3 is 2.41 bits per heavy atom. The third kappa shape index (κ3) is 3.31. The summed E-state index contributed by atoms with van der Waals surface area (Å²) in [5, 5.41) is 12.1. The maximum atomic E-state index is 10.9. The summed E-state index contributed by atoms with van der Waals surface area (Å²) in [5.41, 5.74) is 4.77. The number of aromatic amines is 1. The van der Waals surface area contributed by atoms with Gasteiger partial charge in [-0.15, -0.1) is 0 Å². The molecule has 1 aromatic carbocycles. The average Bonchev–Trinajstić information content (AvgIpc) is 2.89. The fraction of sp³-hybridized carbons (Fsp3) is 0.250. The Morgan fingerprint density at radius 1 is 1.23 bits per heavy atom. The van der Waals surface area contributed by atoms with Crippen molar-refractivity contribution in [2.24, 2.45) is 0 Å². The predicted octanol–water partition coefficient (Wildman–Crippen LogP) is 3.47. The summed E-state index contributed by atoms with van der Waals surface area (Å²) >= 11 is 5.73. The molecular formula is C16H17ClN2O3. The van der Waals surface area contributed by atoms with Gasteiger partial charge in [-0.05, 0) is 50.1 Å². The van der Waals surface area contributed by atoms with Crippen molar-refractivity contribution in [3.8, 4) is 0 Å². The number of carboxylic acid groups (broad SMARTS) is 1. The molecule has 2 heterocycles. The van der Waals surface area contributed by atoms with Crippen LogP contribution in [0.5, 0.6) is 0 Å². The van der Waals surface area contributed by atoms with Crippen LogP contribution in [0.4, 0.5) is 5.69 Å².